The number of ketones is 1. The van der Waals surface area contributed by atoms with Crippen LogP contribution >= 0.6 is 0 Å². The number of anilines is 2. The quantitative estimate of drug-likeness (QED) is 0.462. The molecule has 0 spiro atoms. The van der Waals surface area contributed by atoms with Crippen LogP contribution in [0.4, 0.5) is 11.4 Å². The molecule has 170 valence electrons. The Balaban J connectivity index is 1.54. The van der Waals surface area contributed by atoms with Gasteiger partial charge in [0.2, 0.25) is 0 Å². The van der Waals surface area contributed by atoms with Crippen molar-refractivity contribution in [2.24, 2.45) is 5.73 Å². The number of aromatic hydroxyl groups is 1. The summed E-state index contributed by atoms with van der Waals surface area (Å²) < 4.78 is 0. The molecule has 1 aliphatic heterocycles. The molecule has 0 radical (unpaired) electrons. The number of piperazine rings is 1. The van der Waals surface area contributed by atoms with Crippen molar-refractivity contribution in [3.63, 3.8) is 0 Å². The second kappa shape index (κ2) is 10.2. The van der Waals surface area contributed by atoms with Crippen molar-refractivity contribution < 1.29 is 14.7 Å². The fourth-order valence-corrected chi connectivity index (χ4v) is 4.24. The average Bonchev–Trinajstić information content (AvgIpc) is 2.85. The molecule has 4 rings (SSSR count). The minimum absolute atomic E-state index is 0.0343. The number of hydrogen-bond acceptors (Lipinski definition) is 6. The van der Waals surface area contributed by atoms with E-state index in [2.05, 4.69) is 27.2 Å². The molecule has 7 heteroatoms. The molecule has 1 fully saturated rings. The third-order valence-corrected chi connectivity index (χ3v) is 6.03. The molecule has 33 heavy (non-hydrogen) atoms. The molecule has 0 aromatic heterocycles. The van der Waals surface area contributed by atoms with Crippen LogP contribution in [0.25, 0.3) is 0 Å². The van der Waals surface area contributed by atoms with Gasteiger partial charge in [-0.1, -0.05) is 42.5 Å². The van der Waals surface area contributed by atoms with Gasteiger partial charge >= 0.3 is 0 Å². The fourth-order valence-electron chi connectivity index (χ4n) is 4.24. The normalized spacial score (nSPS) is 15.1. The van der Waals surface area contributed by atoms with Crippen LogP contribution in [0, 0.1) is 0 Å². The van der Waals surface area contributed by atoms with Gasteiger partial charge in [0.05, 0.1) is 17.2 Å². The number of phenolic OH excluding ortho intramolecular Hbond substituents is 1. The molecule has 7 nitrogen and oxygen atoms in total. The number of Topliss-reactive ketones (excluding diaryl/α,β-unsaturated/α-hetero) is 1. The lowest BCUT2D eigenvalue weighted by atomic mass is 10.0. The van der Waals surface area contributed by atoms with Crippen LogP contribution in [-0.2, 0) is 0 Å². The lowest BCUT2D eigenvalue weighted by molar-refractivity contribution is 0.0820. The van der Waals surface area contributed by atoms with E-state index in [4.69, 9.17) is 5.73 Å². The Morgan fingerprint density at radius 2 is 1.45 bits per heavy atom. The van der Waals surface area contributed by atoms with Crippen LogP contribution in [0.2, 0.25) is 0 Å². The highest BCUT2D eigenvalue weighted by atomic mass is 16.3. The van der Waals surface area contributed by atoms with Gasteiger partial charge in [-0.3, -0.25) is 14.5 Å². The lowest BCUT2D eigenvalue weighted by Crippen LogP contribution is -2.55. The van der Waals surface area contributed by atoms with Crippen LogP contribution in [0.3, 0.4) is 0 Å². The van der Waals surface area contributed by atoms with E-state index in [1.54, 1.807) is 36.4 Å². The summed E-state index contributed by atoms with van der Waals surface area (Å²) in [6.45, 7) is 3.23. The molecule has 1 saturated heterocycles. The summed E-state index contributed by atoms with van der Waals surface area (Å²) in [4.78, 5) is 29.7. The Kier molecular flexibility index (Phi) is 6.90. The standard InChI is InChI=1S/C26H28N4O3/c27-26(33)20-10-4-6-12-22(20)28-18-23(25(32)21-11-5-7-13-24(21)31)30-16-14-29(15-17-30)19-8-2-1-3-9-19/h1-13,23,28,31H,14-18H2,(H2,27,33). The smallest absolute Gasteiger partial charge is 0.250 e. The van der Waals surface area contributed by atoms with Gasteiger partial charge in [0.15, 0.2) is 5.78 Å². The number of rotatable bonds is 8. The molecule has 0 saturated carbocycles. The van der Waals surface area contributed by atoms with E-state index in [1.807, 2.05) is 24.3 Å². The van der Waals surface area contributed by atoms with Gasteiger partial charge in [0.25, 0.3) is 5.91 Å². The number of primary amides is 1. The highest BCUT2D eigenvalue weighted by molar-refractivity contribution is 6.03. The van der Waals surface area contributed by atoms with Crippen molar-refractivity contribution in [2.75, 3.05) is 42.9 Å². The molecular formula is C26H28N4O3. The van der Waals surface area contributed by atoms with E-state index >= 15 is 0 Å². The first-order valence-electron chi connectivity index (χ1n) is 11.0. The summed E-state index contributed by atoms with van der Waals surface area (Å²) in [7, 11) is 0. The van der Waals surface area contributed by atoms with Crippen molar-refractivity contribution in [3.05, 3.63) is 90.0 Å². The molecular weight excluding hydrogens is 416 g/mol. The van der Waals surface area contributed by atoms with Gasteiger partial charge in [-0.25, -0.2) is 0 Å². The molecule has 1 aliphatic rings. The summed E-state index contributed by atoms with van der Waals surface area (Å²) in [5.74, 6) is -0.726. The first-order chi connectivity index (χ1) is 16.0. The van der Waals surface area contributed by atoms with Crippen molar-refractivity contribution in [3.8, 4) is 5.75 Å². The first-order valence-corrected chi connectivity index (χ1v) is 11.0. The maximum atomic E-state index is 13.5. The maximum absolute atomic E-state index is 13.5. The molecule has 0 bridgehead atoms. The summed E-state index contributed by atoms with van der Waals surface area (Å²) in [6.07, 6.45) is 0. The number of hydrogen-bond donors (Lipinski definition) is 3. The number of nitrogens with two attached hydrogens (primary N) is 1. The van der Waals surface area contributed by atoms with Crippen LogP contribution in [0.1, 0.15) is 20.7 Å². The van der Waals surface area contributed by atoms with Gasteiger partial charge in [-0.05, 0) is 36.4 Å². The topological polar surface area (TPSA) is 98.9 Å². The van der Waals surface area contributed by atoms with Gasteiger partial charge in [-0.15, -0.1) is 0 Å². The van der Waals surface area contributed by atoms with E-state index in [-0.39, 0.29) is 23.6 Å². The van der Waals surface area contributed by atoms with E-state index in [9.17, 15) is 14.7 Å². The highest BCUT2D eigenvalue weighted by Crippen LogP contribution is 2.23. The Morgan fingerprint density at radius 3 is 2.12 bits per heavy atom. The number of nitrogens with zero attached hydrogens (tertiary/aromatic N) is 2. The Labute approximate surface area is 193 Å². The van der Waals surface area contributed by atoms with E-state index in [0.717, 1.165) is 18.8 Å². The van der Waals surface area contributed by atoms with Crippen LogP contribution in [-0.4, -0.2) is 60.5 Å². The molecule has 3 aromatic rings. The van der Waals surface area contributed by atoms with Crippen LogP contribution in [0.5, 0.6) is 5.75 Å². The molecule has 1 atom stereocenters. The number of para-hydroxylation sites is 3. The Bertz CT molecular complexity index is 1110. The van der Waals surface area contributed by atoms with Crippen molar-refractivity contribution >= 4 is 23.1 Å². The third-order valence-electron chi connectivity index (χ3n) is 6.03. The molecule has 0 aliphatic carbocycles. The number of carbonyl (C=O) groups is 2. The minimum Gasteiger partial charge on any atom is -0.507 e. The van der Waals surface area contributed by atoms with E-state index in [0.29, 0.717) is 24.3 Å². The van der Waals surface area contributed by atoms with Crippen LogP contribution in [0.15, 0.2) is 78.9 Å². The van der Waals surface area contributed by atoms with E-state index in [1.165, 1.54) is 6.07 Å². The third kappa shape index (κ3) is 5.15. The zero-order valence-electron chi connectivity index (χ0n) is 18.4. The summed E-state index contributed by atoms with van der Waals surface area (Å²) in [5, 5.41) is 13.5. The molecule has 1 heterocycles. The zero-order valence-corrected chi connectivity index (χ0v) is 18.4. The largest absolute Gasteiger partial charge is 0.507 e. The van der Waals surface area contributed by atoms with Gasteiger partial charge in [0.1, 0.15) is 5.75 Å². The van der Waals surface area contributed by atoms with E-state index < -0.39 is 11.9 Å². The molecule has 4 N–H and O–H groups in total. The minimum atomic E-state index is -0.529. The van der Waals surface area contributed by atoms with Gasteiger partial charge in [0, 0.05) is 44.1 Å². The first kappa shape index (κ1) is 22.4. The molecule has 1 unspecified atom stereocenters. The average molecular weight is 445 g/mol. The Hall–Kier alpha value is -3.84. The Morgan fingerprint density at radius 1 is 0.848 bits per heavy atom. The van der Waals surface area contributed by atoms with Gasteiger partial charge < -0.3 is 21.1 Å². The maximum Gasteiger partial charge on any atom is 0.250 e. The van der Waals surface area contributed by atoms with Gasteiger partial charge in [-0.2, -0.15) is 0 Å². The van der Waals surface area contributed by atoms with Crippen LogP contribution < -0.4 is 16.0 Å². The highest BCUT2D eigenvalue weighted by Gasteiger charge is 2.31. The summed E-state index contributed by atoms with van der Waals surface area (Å²) in [6, 6.07) is 23.3. The SMILES string of the molecule is NC(=O)c1ccccc1NCC(C(=O)c1ccccc1O)N1CCN(c2ccccc2)CC1. The zero-order chi connectivity index (χ0) is 23.2. The van der Waals surface area contributed by atoms with Crippen molar-refractivity contribution in [1.29, 1.82) is 0 Å². The second-order valence-corrected chi connectivity index (χ2v) is 8.05. The number of phenols is 1. The predicted octanol–water partition coefficient (Wildman–Crippen LogP) is 2.98. The predicted molar refractivity (Wildman–Crippen MR) is 130 cm³/mol. The monoisotopic (exact) mass is 444 g/mol. The van der Waals surface area contributed by atoms with Crippen molar-refractivity contribution in [2.45, 2.75) is 6.04 Å². The number of benzene rings is 3. The number of carbonyl (C=O) groups excluding carboxylic acids is 2. The van der Waals surface area contributed by atoms with Crippen molar-refractivity contribution in [1.82, 2.24) is 4.90 Å². The summed E-state index contributed by atoms with van der Waals surface area (Å²) in [5.41, 5.74) is 7.92. The molecule has 1 amide bonds. The number of amides is 1. The summed E-state index contributed by atoms with van der Waals surface area (Å²) >= 11 is 0. The second-order valence-electron chi connectivity index (χ2n) is 8.05. The lowest BCUT2D eigenvalue weighted by Gasteiger charge is -2.40. The molecule has 3 aromatic carbocycles. The number of nitrogens with one attached hydrogen (secondary N) is 1. The fraction of sp³-hybridized carbons (Fsp3) is 0.231.